The van der Waals surface area contributed by atoms with E-state index in [-0.39, 0.29) is 23.1 Å². The van der Waals surface area contributed by atoms with Crippen LogP contribution in [0.3, 0.4) is 0 Å². The third-order valence-corrected chi connectivity index (χ3v) is 5.62. The van der Waals surface area contributed by atoms with Crippen LogP contribution in [0.5, 0.6) is 0 Å². The van der Waals surface area contributed by atoms with Gasteiger partial charge in [0, 0.05) is 37.6 Å². The van der Waals surface area contributed by atoms with E-state index in [2.05, 4.69) is 15.3 Å². The number of nitrogens with zero attached hydrogens (tertiary/aromatic N) is 5. The Bertz CT molecular complexity index is 1200. The van der Waals surface area contributed by atoms with Crippen molar-refractivity contribution in [1.82, 2.24) is 9.97 Å². The van der Waals surface area contributed by atoms with Crippen molar-refractivity contribution in [1.29, 1.82) is 0 Å². The largest absolute Gasteiger partial charge is 0.417 e. The summed E-state index contributed by atoms with van der Waals surface area (Å²) in [6, 6.07) is 9.10. The molecule has 0 atom stereocenters. The predicted molar refractivity (Wildman–Crippen MR) is 119 cm³/mol. The third-order valence-electron chi connectivity index (χ3n) is 5.29. The number of anilines is 4. The zero-order chi connectivity index (χ0) is 24.5. The van der Waals surface area contributed by atoms with Crippen LogP contribution in [0.15, 0.2) is 48.8 Å². The molecule has 1 aromatic heterocycles. The molecule has 1 fully saturated rings. The van der Waals surface area contributed by atoms with Crippen LogP contribution in [-0.4, -0.2) is 41.1 Å². The van der Waals surface area contributed by atoms with Crippen LogP contribution < -0.4 is 15.1 Å². The summed E-state index contributed by atoms with van der Waals surface area (Å²) in [5, 5.41) is 14.0. The molecule has 0 amide bonds. The van der Waals surface area contributed by atoms with Gasteiger partial charge in [0.25, 0.3) is 0 Å². The topological polar surface area (TPSA) is 87.4 Å². The van der Waals surface area contributed by atoms with Crippen molar-refractivity contribution < 1.29 is 22.5 Å². The second-order valence-corrected chi connectivity index (χ2v) is 7.83. The summed E-state index contributed by atoms with van der Waals surface area (Å²) in [7, 11) is 0. The van der Waals surface area contributed by atoms with Gasteiger partial charge in [-0.3, -0.25) is 10.1 Å². The number of alkyl halides is 3. The van der Waals surface area contributed by atoms with Gasteiger partial charge in [-0.2, -0.15) is 13.2 Å². The first-order chi connectivity index (χ1) is 16.1. The highest BCUT2D eigenvalue weighted by Gasteiger charge is 2.34. The normalized spacial score (nSPS) is 14.3. The van der Waals surface area contributed by atoms with Crippen LogP contribution in [0.2, 0.25) is 5.02 Å². The van der Waals surface area contributed by atoms with Crippen LogP contribution in [0.25, 0.3) is 0 Å². The Hall–Kier alpha value is -3.67. The van der Waals surface area contributed by atoms with Crippen molar-refractivity contribution in [3.8, 4) is 0 Å². The number of nitrogens with one attached hydrogen (secondary N) is 1. The lowest BCUT2D eigenvalue weighted by Gasteiger charge is -2.36. The molecule has 0 aliphatic carbocycles. The minimum Gasteiger partial charge on any atom is -0.368 e. The van der Waals surface area contributed by atoms with E-state index in [0.29, 0.717) is 26.2 Å². The average molecular weight is 497 g/mol. The van der Waals surface area contributed by atoms with Crippen LogP contribution in [0, 0.1) is 15.9 Å². The summed E-state index contributed by atoms with van der Waals surface area (Å²) in [5.41, 5.74) is -0.774. The molecule has 0 saturated carbocycles. The first-order valence-electron chi connectivity index (χ1n) is 10.0. The highest BCUT2D eigenvalue weighted by atomic mass is 35.5. The second kappa shape index (κ2) is 9.29. The van der Waals surface area contributed by atoms with Gasteiger partial charge in [0.1, 0.15) is 12.1 Å². The van der Waals surface area contributed by atoms with E-state index in [1.165, 1.54) is 18.2 Å². The lowest BCUT2D eigenvalue weighted by Crippen LogP contribution is -2.47. The number of nitro groups is 1. The van der Waals surface area contributed by atoms with Gasteiger partial charge in [0.2, 0.25) is 11.6 Å². The van der Waals surface area contributed by atoms with Gasteiger partial charge in [0.05, 0.1) is 15.5 Å². The fourth-order valence-corrected chi connectivity index (χ4v) is 3.87. The summed E-state index contributed by atoms with van der Waals surface area (Å²) in [4.78, 5) is 22.9. The molecule has 178 valence electrons. The van der Waals surface area contributed by atoms with Gasteiger partial charge in [-0.25, -0.2) is 14.4 Å². The van der Waals surface area contributed by atoms with Crippen molar-refractivity contribution in [2.75, 3.05) is 41.3 Å². The van der Waals surface area contributed by atoms with E-state index in [4.69, 9.17) is 11.6 Å². The fraction of sp³-hybridized carbons (Fsp3) is 0.238. The molecule has 2 heterocycles. The van der Waals surface area contributed by atoms with Crippen molar-refractivity contribution in [2.45, 2.75) is 6.18 Å². The lowest BCUT2D eigenvalue weighted by molar-refractivity contribution is -0.383. The molecule has 1 aliphatic heterocycles. The molecule has 0 radical (unpaired) electrons. The van der Waals surface area contributed by atoms with Crippen molar-refractivity contribution >= 4 is 40.3 Å². The maximum Gasteiger partial charge on any atom is 0.417 e. The fourth-order valence-electron chi connectivity index (χ4n) is 3.65. The summed E-state index contributed by atoms with van der Waals surface area (Å²) < 4.78 is 52.7. The van der Waals surface area contributed by atoms with Crippen molar-refractivity contribution in [3.63, 3.8) is 0 Å². The Morgan fingerprint density at radius 3 is 2.26 bits per heavy atom. The molecule has 0 unspecified atom stereocenters. The monoisotopic (exact) mass is 496 g/mol. The Balaban J connectivity index is 1.58. The quantitative estimate of drug-likeness (QED) is 0.292. The summed E-state index contributed by atoms with van der Waals surface area (Å²) in [6.07, 6.45) is -3.58. The van der Waals surface area contributed by atoms with E-state index in [0.717, 1.165) is 24.1 Å². The molecule has 13 heteroatoms. The predicted octanol–water partition coefficient (Wildman–Crippen LogP) is 5.27. The van der Waals surface area contributed by atoms with E-state index in [9.17, 15) is 27.7 Å². The zero-order valence-corrected chi connectivity index (χ0v) is 18.1. The van der Waals surface area contributed by atoms with Crippen LogP contribution in [0.1, 0.15) is 5.56 Å². The van der Waals surface area contributed by atoms with Gasteiger partial charge in [0.15, 0.2) is 0 Å². The Morgan fingerprint density at radius 2 is 1.65 bits per heavy atom. The Kier molecular flexibility index (Phi) is 6.42. The van der Waals surface area contributed by atoms with E-state index >= 15 is 0 Å². The minimum atomic E-state index is -4.69. The highest BCUT2D eigenvalue weighted by molar-refractivity contribution is 6.31. The number of rotatable bonds is 5. The molecule has 0 spiro atoms. The number of piperazine rings is 1. The smallest absolute Gasteiger partial charge is 0.368 e. The number of benzene rings is 2. The molecule has 3 aromatic rings. The molecule has 1 aliphatic rings. The zero-order valence-electron chi connectivity index (χ0n) is 17.4. The summed E-state index contributed by atoms with van der Waals surface area (Å²) in [5.74, 6) is -0.542. The second-order valence-electron chi connectivity index (χ2n) is 7.42. The molecule has 8 nitrogen and oxygen atoms in total. The standard InChI is InChI=1S/C21H17ClF4N6O2/c22-17-6-3-14(11-16(17)21(24,25)26)29-19-18(32(33)34)20(28-12-27-19)31-9-7-30(8-10-31)15-4-1-13(23)2-5-15/h1-6,11-12H,7-10H2,(H,27,28,29). The molecule has 34 heavy (non-hydrogen) atoms. The van der Waals surface area contributed by atoms with E-state index in [1.54, 1.807) is 17.0 Å². The van der Waals surface area contributed by atoms with Crippen LogP contribution in [-0.2, 0) is 6.18 Å². The summed E-state index contributed by atoms with van der Waals surface area (Å²) >= 11 is 5.65. The number of halogens is 5. The van der Waals surface area contributed by atoms with Crippen LogP contribution >= 0.6 is 11.6 Å². The molecule has 0 bridgehead atoms. The maximum absolute atomic E-state index is 13.2. The van der Waals surface area contributed by atoms with Gasteiger partial charge in [-0.1, -0.05) is 11.6 Å². The van der Waals surface area contributed by atoms with Gasteiger partial charge in [-0.05, 0) is 42.5 Å². The maximum atomic E-state index is 13.2. The average Bonchev–Trinajstić information content (AvgIpc) is 2.80. The van der Waals surface area contributed by atoms with Gasteiger partial charge < -0.3 is 15.1 Å². The van der Waals surface area contributed by atoms with Crippen LogP contribution in [0.4, 0.5) is 46.3 Å². The lowest BCUT2D eigenvalue weighted by atomic mass is 10.2. The molecule has 1 saturated heterocycles. The highest BCUT2D eigenvalue weighted by Crippen LogP contribution is 2.38. The number of hydrogen-bond acceptors (Lipinski definition) is 7. The van der Waals surface area contributed by atoms with E-state index in [1.807, 2.05) is 4.90 Å². The van der Waals surface area contributed by atoms with E-state index < -0.39 is 27.4 Å². The SMILES string of the molecule is O=[N+]([O-])c1c(Nc2ccc(Cl)c(C(F)(F)F)c2)ncnc1N1CCN(c2ccc(F)cc2)CC1. The first-order valence-corrected chi connectivity index (χ1v) is 10.4. The van der Waals surface area contributed by atoms with Crippen molar-refractivity contribution in [3.05, 3.63) is 75.3 Å². The molecule has 1 N–H and O–H groups in total. The van der Waals surface area contributed by atoms with Gasteiger partial charge in [-0.15, -0.1) is 0 Å². The number of aromatic nitrogens is 2. The Morgan fingerprint density at radius 1 is 1.00 bits per heavy atom. The molecule has 4 rings (SSSR count). The first kappa shape index (κ1) is 23.5. The summed E-state index contributed by atoms with van der Waals surface area (Å²) in [6.45, 7) is 1.77. The molecular weight excluding hydrogens is 480 g/mol. The van der Waals surface area contributed by atoms with Crippen molar-refractivity contribution in [2.24, 2.45) is 0 Å². The van der Waals surface area contributed by atoms with Gasteiger partial charge >= 0.3 is 11.9 Å². The molecular formula is C21H17ClF4N6O2. The minimum absolute atomic E-state index is 0.0475. The third kappa shape index (κ3) is 4.96. The number of hydrogen-bond donors (Lipinski definition) is 1. The molecule has 2 aromatic carbocycles. The Labute approximate surface area is 195 Å².